The number of likely N-dealkylation sites (N-methyl/N-ethyl adjacent to an activating group) is 1. The maximum Gasteiger partial charge on any atom is 0.253 e. The van der Waals surface area contributed by atoms with Crippen LogP contribution in [-0.4, -0.2) is 75.7 Å². The van der Waals surface area contributed by atoms with Gasteiger partial charge in [0.1, 0.15) is 5.65 Å². The Morgan fingerprint density at radius 1 is 0.950 bits per heavy atom. The van der Waals surface area contributed by atoms with Gasteiger partial charge in [-0.3, -0.25) is 9.48 Å². The van der Waals surface area contributed by atoms with Gasteiger partial charge in [-0.2, -0.15) is 5.10 Å². The van der Waals surface area contributed by atoms with E-state index in [-0.39, 0.29) is 5.91 Å². The predicted octanol–water partition coefficient (Wildman–Crippen LogP) is 4.96. The van der Waals surface area contributed by atoms with Gasteiger partial charge in [0.15, 0.2) is 0 Å². The number of carbonyl (C=O) groups excluding carboxylic acids is 1. The fraction of sp³-hybridized carbons (Fsp3) is 0.281. The molecule has 8 nitrogen and oxygen atoms in total. The van der Waals surface area contributed by atoms with Crippen LogP contribution in [0.3, 0.4) is 0 Å². The molecule has 1 fully saturated rings. The topological polar surface area (TPSA) is 73.3 Å². The number of rotatable bonds is 6. The first-order valence-electron chi connectivity index (χ1n) is 13.7. The smallest absolute Gasteiger partial charge is 0.253 e. The zero-order valence-corrected chi connectivity index (χ0v) is 23.6. The second-order valence-electron chi connectivity index (χ2n) is 10.8. The zero-order valence-electron chi connectivity index (χ0n) is 23.6. The monoisotopic (exact) mass is 533 g/mol. The summed E-state index contributed by atoms with van der Waals surface area (Å²) in [5, 5.41) is 5.43. The Kier molecular flexibility index (Phi) is 6.86. The average molecular weight is 534 g/mol. The number of aromatic nitrogens is 4. The largest absolute Gasteiger partial charge is 0.369 e. The number of H-pyrrole nitrogens is 1. The van der Waals surface area contributed by atoms with Crippen molar-refractivity contribution in [1.29, 1.82) is 0 Å². The van der Waals surface area contributed by atoms with Gasteiger partial charge < -0.3 is 19.7 Å². The number of carbonyl (C=O) groups is 1. The van der Waals surface area contributed by atoms with E-state index in [0.717, 1.165) is 65.2 Å². The highest BCUT2D eigenvalue weighted by Crippen LogP contribution is 2.33. The highest BCUT2D eigenvalue weighted by molar-refractivity contribution is 5.98. The van der Waals surface area contributed by atoms with E-state index < -0.39 is 0 Å². The van der Waals surface area contributed by atoms with E-state index in [1.54, 1.807) is 16.6 Å². The minimum absolute atomic E-state index is 0.0320. The number of nitrogens with zero attached hydrogens (tertiary/aromatic N) is 6. The van der Waals surface area contributed by atoms with Crippen molar-refractivity contribution in [3.63, 3.8) is 0 Å². The third kappa shape index (κ3) is 5.10. The molecule has 0 bridgehead atoms. The molecule has 3 aromatic heterocycles. The molecule has 0 spiro atoms. The summed E-state index contributed by atoms with van der Waals surface area (Å²) in [6, 6.07) is 18.7. The average Bonchev–Trinajstić information content (AvgIpc) is 3.58. The maximum atomic E-state index is 13.0. The second-order valence-corrected chi connectivity index (χ2v) is 10.8. The number of benzene rings is 2. The van der Waals surface area contributed by atoms with Gasteiger partial charge in [-0.15, -0.1) is 0 Å². The molecule has 5 aromatic rings. The molecule has 1 aliphatic rings. The standard InChI is InChI=1S/C32H35N7O/c1-22-17-25(9-10-30(22)39-15-13-36(2)14-16-39)26-18-28-29(20-34-31(28)33-19-26)23-5-7-24(8-6-23)32(40)37(3)21-27-11-12-38(4)35-27/h5-12,17-20H,13-16,21H2,1-4H3,(H,33,34). The van der Waals surface area contributed by atoms with E-state index >= 15 is 0 Å². The highest BCUT2D eigenvalue weighted by Gasteiger charge is 2.17. The number of hydrogen-bond donors (Lipinski definition) is 1. The Morgan fingerprint density at radius 2 is 1.70 bits per heavy atom. The Morgan fingerprint density at radius 3 is 2.40 bits per heavy atom. The SMILES string of the molecule is Cc1cc(-c2cnc3[nH]cc(-c4ccc(C(=O)N(C)Cc5ccn(C)n5)cc4)c3c2)ccc1N1CCN(C)CC1. The van der Waals surface area contributed by atoms with Gasteiger partial charge in [0, 0.05) is 86.6 Å². The van der Waals surface area contributed by atoms with Crippen molar-refractivity contribution >= 4 is 22.6 Å². The molecule has 0 unspecified atom stereocenters. The Hall–Kier alpha value is -4.43. The highest BCUT2D eigenvalue weighted by atomic mass is 16.2. The first-order chi connectivity index (χ1) is 19.4. The summed E-state index contributed by atoms with van der Waals surface area (Å²) in [5.74, 6) is -0.0320. The van der Waals surface area contributed by atoms with E-state index in [2.05, 4.69) is 58.1 Å². The number of piperazine rings is 1. The van der Waals surface area contributed by atoms with E-state index in [0.29, 0.717) is 12.1 Å². The van der Waals surface area contributed by atoms with Gasteiger partial charge in [-0.25, -0.2) is 4.98 Å². The molecule has 0 aliphatic carbocycles. The number of aromatic amines is 1. The number of amides is 1. The maximum absolute atomic E-state index is 13.0. The molecule has 6 rings (SSSR count). The van der Waals surface area contributed by atoms with Crippen molar-refractivity contribution in [2.45, 2.75) is 13.5 Å². The number of nitrogens with one attached hydrogen (secondary N) is 1. The number of hydrogen-bond acceptors (Lipinski definition) is 5. The van der Waals surface area contributed by atoms with Crippen LogP contribution in [-0.2, 0) is 13.6 Å². The molecular formula is C32H35N7O. The van der Waals surface area contributed by atoms with E-state index in [1.165, 1.54) is 11.3 Å². The summed E-state index contributed by atoms with van der Waals surface area (Å²) in [6.07, 6.45) is 5.81. The number of aryl methyl sites for hydroxylation is 2. The summed E-state index contributed by atoms with van der Waals surface area (Å²) in [6.45, 7) is 6.96. The van der Waals surface area contributed by atoms with Crippen molar-refractivity contribution in [2.24, 2.45) is 7.05 Å². The molecule has 1 saturated heterocycles. The third-order valence-corrected chi connectivity index (χ3v) is 7.86. The number of fused-ring (bicyclic) bond motifs is 1. The van der Waals surface area contributed by atoms with Crippen molar-refractivity contribution in [3.8, 4) is 22.3 Å². The molecule has 4 heterocycles. The lowest BCUT2D eigenvalue weighted by molar-refractivity contribution is 0.0783. The molecule has 40 heavy (non-hydrogen) atoms. The Labute approximate surface area is 234 Å². The molecule has 2 aromatic carbocycles. The summed E-state index contributed by atoms with van der Waals surface area (Å²) >= 11 is 0. The summed E-state index contributed by atoms with van der Waals surface area (Å²) in [5.41, 5.74) is 9.31. The van der Waals surface area contributed by atoms with Gasteiger partial charge in [-0.1, -0.05) is 18.2 Å². The quantitative estimate of drug-likeness (QED) is 0.334. The molecule has 1 aliphatic heterocycles. The summed E-state index contributed by atoms with van der Waals surface area (Å²) in [7, 11) is 5.86. The van der Waals surface area contributed by atoms with Crippen LogP contribution in [0.1, 0.15) is 21.6 Å². The summed E-state index contributed by atoms with van der Waals surface area (Å²) in [4.78, 5) is 27.6. The molecule has 8 heteroatoms. The van der Waals surface area contributed by atoms with E-state index in [4.69, 9.17) is 4.98 Å². The fourth-order valence-electron chi connectivity index (χ4n) is 5.51. The van der Waals surface area contributed by atoms with Crippen LogP contribution in [0.15, 0.2) is 73.2 Å². The van der Waals surface area contributed by atoms with E-state index in [9.17, 15) is 4.79 Å². The molecular weight excluding hydrogens is 498 g/mol. The zero-order chi connectivity index (χ0) is 27.8. The molecule has 0 atom stereocenters. The van der Waals surface area contributed by atoms with Gasteiger partial charge in [0.2, 0.25) is 0 Å². The first-order valence-corrected chi connectivity index (χ1v) is 13.7. The molecule has 1 N–H and O–H groups in total. The van der Waals surface area contributed by atoms with Gasteiger partial charge in [0.25, 0.3) is 5.91 Å². The van der Waals surface area contributed by atoms with Crippen LogP contribution in [0.5, 0.6) is 0 Å². The minimum atomic E-state index is -0.0320. The predicted molar refractivity (Wildman–Crippen MR) is 160 cm³/mol. The number of pyridine rings is 1. The van der Waals surface area contributed by atoms with Crippen molar-refractivity contribution in [2.75, 3.05) is 45.2 Å². The third-order valence-electron chi connectivity index (χ3n) is 7.86. The van der Waals surface area contributed by atoms with Crippen LogP contribution in [0.2, 0.25) is 0 Å². The van der Waals surface area contributed by atoms with Crippen LogP contribution < -0.4 is 4.90 Å². The molecule has 0 radical (unpaired) electrons. The molecule has 204 valence electrons. The first kappa shape index (κ1) is 25.8. The van der Waals surface area contributed by atoms with Crippen molar-refractivity contribution in [3.05, 3.63) is 90.0 Å². The second kappa shape index (κ2) is 10.6. The summed E-state index contributed by atoms with van der Waals surface area (Å²) < 4.78 is 1.74. The van der Waals surface area contributed by atoms with Gasteiger partial charge in [0.05, 0.1) is 12.2 Å². The van der Waals surface area contributed by atoms with Crippen LogP contribution in [0.25, 0.3) is 33.3 Å². The lowest BCUT2D eigenvalue weighted by atomic mass is 9.99. The van der Waals surface area contributed by atoms with Crippen LogP contribution >= 0.6 is 0 Å². The van der Waals surface area contributed by atoms with Gasteiger partial charge >= 0.3 is 0 Å². The van der Waals surface area contributed by atoms with Crippen molar-refractivity contribution < 1.29 is 4.79 Å². The normalized spacial score (nSPS) is 14.2. The lowest BCUT2D eigenvalue weighted by Crippen LogP contribution is -2.44. The van der Waals surface area contributed by atoms with Crippen LogP contribution in [0, 0.1) is 6.92 Å². The van der Waals surface area contributed by atoms with Crippen LogP contribution in [0.4, 0.5) is 5.69 Å². The number of anilines is 1. The van der Waals surface area contributed by atoms with Crippen molar-refractivity contribution in [1.82, 2.24) is 29.5 Å². The molecule has 0 saturated carbocycles. The Bertz CT molecular complexity index is 1660. The van der Waals surface area contributed by atoms with E-state index in [1.807, 2.05) is 56.0 Å². The minimum Gasteiger partial charge on any atom is -0.369 e. The Balaban J connectivity index is 1.22. The lowest BCUT2D eigenvalue weighted by Gasteiger charge is -2.35. The van der Waals surface area contributed by atoms with Gasteiger partial charge in [-0.05, 0) is 67.1 Å². The molecule has 1 amide bonds. The fourth-order valence-corrected chi connectivity index (χ4v) is 5.51.